The number of hydrogen-bond donors (Lipinski definition) is 1. The molecule has 126 valence electrons. The minimum absolute atomic E-state index is 0.0187. The third kappa shape index (κ3) is 5.22. The number of carboxylic acids is 1. The lowest BCUT2D eigenvalue weighted by atomic mass is 10.0. The molecule has 1 N–H and O–H groups in total. The molecule has 2 aromatic rings. The quantitative estimate of drug-likeness (QED) is 0.561. The van der Waals surface area contributed by atoms with E-state index >= 15 is 0 Å². The number of benzene rings is 2. The molecule has 0 aliphatic rings. The maximum absolute atomic E-state index is 11.8. The van der Waals surface area contributed by atoms with Gasteiger partial charge in [-0.25, -0.2) is 0 Å². The second-order valence-corrected chi connectivity index (χ2v) is 6.43. The van der Waals surface area contributed by atoms with Crippen molar-refractivity contribution in [2.75, 3.05) is 0 Å². The number of aryl methyl sites for hydroxylation is 2. The summed E-state index contributed by atoms with van der Waals surface area (Å²) < 4.78 is 5.70. The zero-order valence-electron chi connectivity index (χ0n) is 13.7. The highest BCUT2D eigenvalue weighted by Crippen LogP contribution is 2.23. The largest absolute Gasteiger partial charge is 0.481 e. The topological polar surface area (TPSA) is 63.6 Å². The van der Waals surface area contributed by atoms with E-state index < -0.39 is 5.97 Å². The van der Waals surface area contributed by atoms with Gasteiger partial charge in [0.2, 0.25) is 0 Å². The molecule has 2 rings (SSSR count). The van der Waals surface area contributed by atoms with Crippen LogP contribution in [0.5, 0.6) is 0 Å². The Hall–Kier alpha value is -2.11. The normalized spacial score (nSPS) is 10.6. The van der Waals surface area contributed by atoms with E-state index in [1.54, 1.807) is 12.1 Å². The van der Waals surface area contributed by atoms with E-state index in [0.717, 1.165) is 4.90 Å². The van der Waals surface area contributed by atoms with Crippen molar-refractivity contribution in [1.29, 1.82) is 0 Å². The molecule has 5 heteroatoms. The molecular weight excluding hydrogens is 324 g/mol. The van der Waals surface area contributed by atoms with E-state index in [1.807, 2.05) is 18.2 Å². The summed E-state index contributed by atoms with van der Waals surface area (Å²) in [4.78, 5) is 23.2. The van der Waals surface area contributed by atoms with Crippen LogP contribution in [0.1, 0.15) is 39.9 Å². The van der Waals surface area contributed by atoms with Crippen molar-refractivity contribution in [3.8, 4) is 0 Å². The Kier molecular flexibility index (Phi) is 6.58. The van der Waals surface area contributed by atoms with Gasteiger partial charge in [0.25, 0.3) is 0 Å². The Morgan fingerprint density at radius 2 is 1.62 bits per heavy atom. The summed E-state index contributed by atoms with van der Waals surface area (Å²) in [5.41, 5.74) is 4.12. The van der Waals surface area contributed by atoms with Gasteiger partial charge in [0.15, 0.2) is 5.78 Å². The highest BCUT2D eigenvalue weighted by molar-refractivity contribution is 7.94. The van der Waals surface area contributed by atoms with Crippen molar-refractivity contribution >= 4 is 23.8 Å². The SMILES string of the molecule is Cc1cccc(C)c1COSc1ccc(C(=O)CCC(=O)O)cc1. The van der Waals surface area contributed by atoms with Crippen LogP contribution in [0, 0.1) is 13.8 Å². The Labute approximate surface area is 146 Å². The monoisotopic (exact) mass is 344 g/mol. The van der Waals surface area contributed by atoms with Gasteiger partial charge in [0, 0.05) is 28.9 Å². The molecule has 0 spiro atoms. The predicted molar refractivity (Wildman–Crippen MR) is 94.2 cm³/mol. The van der Waals surface area contributed by atoms with Crippen molar-refractivity contribution in [3.63, 3.8) is 0 Å². The number of rotatable bonds is 8. The fraction of sp³-hybridized carbons (Fsp3) is 0.263. The van der Waals surface area contributed by atoms with Crippen molar-refractivity contribution in [2.24, 2.45) is 0 Å². The Balaban J connectivity index is 1.88. The number of carbonyl (C=O) groups excluding carboxylic acids is 1. The summed E-state index contributed by atoms with van der Waals surface area (Å²) in [7, 11) is 0. The van der Waals surface area contributed by atoms with E-state index in [0.29, 0.717) is 12.2 Å². The first-order valence-corrected chi connectivity index (χ1v) is 8.41. The van der Waals surface area contributed by atoms with Gasteiger partial charge < -0.3 is 9.29 Å². The minimum Gasteiger partial charge on any atom is -0.481 e. The second-order valence-electron chi connectivity index (χ2n) is 5.56. The Morgan fingerprint density at radius 3 is 2.21 bits per heavy atom. The molecule has 0 amide bonds. The van der Waals surface area contributed by atoms with Gasteiger partial charge in [-0.05, 0) is 42.7 Å². The van der Waals surface area contributed by atoms with Crippen LogP contribution in [0.25, 0.3) is 0 Å². The maximum atomic E-state index is 11.8. The van der Waals surface area contributed by atoms with E-state index in [-0.39, 0.29) is 18.6 Å². The molecule has 24 heavy (non-hydrogen) atoms. The molecular formula is C19H20O4S. The molecule has 2 aromatic carbocycles. The molecule has 0 aliphatic carbocycles. The van der Waals surface area contributed by atoms with Gasteiger partial charge >= 0.3 is 5.97 Å². The molecule has 0 aliphatic heterocycles. The zero-order chi connectivity index (χ0) is 17.5. The molecule has 0 unspecified atom stereocenters. The third-order valence-electron chi connectivity index (χ3n) is 3.75. The summed E-state index contributed by atoms with van der Waals surface area (Å²) in [6.45, 7) is 4.64. The maximum Gasteiger partial charge on any atom is 0.303 e. The second kappa shape index (κ2) is 8.66. The molecule has 0 bridgehead atoms. The summed E-state index contributed by atoms with van der Waals surface area (Å²) in [6.07, 6.45) is -0.126. The molecule has 4 nitrogen and oxygen atoms in total. The number of ketones is 1. The number of Topliss-reactive ketones (excluding diaryl/α,β-unsaturated/α-hetero) is 1. The fourth-order valence-corrected chi connectivity index (χ4v) is 2.85. The molecule has 0 fully saturated rings. The van der Waals surface area contributed by atoms with E-state index in [9.17, 15) is 9.59 Å². The van der Waals surface area contributed by atoms with Crippen molar-refractivity contribution in [1.82, 2.24) is 0 Å². The van der Waals surface area contributed by atoms with Crippen LogP contribution in [0.2, 0.25) is 0 Å². The summed E-state index contributed by atoms with van der Waals surface area (Å²) in [6, 6.07) is 13.2. The van der Waals surface area contributed by atoms with Gasteiger partial charge in [-0.15, -0.1) is 0 Å². The first kappa shape index (κ1) is 18.2. The predicted octanol–water partition coefficient (Wildman–Crippen LogP) is 4.57. The molecule has 0 aromatic heterocycles. The molecule has 0 heterocycles. The number of carbonyl (C=O) groups is 2. The van der Waals surface area contributed by atoms with Gasteiger partial charge in [0.1, 0.15) is 0 Å². The summed E-state index contributed by atoms with van der Waals surface area (Å²) in [5.74, 6) is -1.12. The molecule has 0 atom stereocenters. The van der Waals surface area contributed by atoms with E-state index in [4.69, 9.17) is 9.29 Å². The fourth-order valence-electron chi connectivity index (χ4n) is 2.29. The zero-order valence-corrected chi connectivity index (χ0v) is 14.6. The number of aliphatic carboxylic acids is 1. The van der Waals surface area contributed by atoms with Crippen molar-refractivity contribution < 1.29 is 18.9 Å². The first-order valence-electron chi connectivity index (χ1n) is 7.67. The molecule has 0 saturated heterocycles. The van der Waals surface area contributed by atoms with Gasteiger partial charge in [0.05, 0.1) is 13.0 Å². The highest BCUT2D eigenvalue weighted by atomic mass is 32.2. The Morgan fingerprint density at radius 1 is 1.00 bits per heavy atom. The molecule has 0 radical (unpaired) electrons. The van der Waals surface area contributed by atoms with Crippen LogP contribution in [-0.4, -0.2) is 16.9 Å². The lowest BCUT2D eigenvalue weighted by molar-refractivity contribution is -0.136. The lowest BCUT2D eigenvalue weighted by Crippen LogP contribution is -2.03. The average Bonchev–Trinajstić information content (AvgIpc) is 2.56. The first-order chi connectivity index (χ1) is 11.5. The summed E-state index contributed by atoms with van der Waals surface area (Å²) >= 11 is 1.27. The van der Waals surface area contributed by atoms with Gasteiger partial charge in [-0.3, -0.25) is 9.59 Å². The van der Waals surface area contributed by atoms with Crippen LogP contribution in [0.15, 0.2) is 47.4 Å². The van der Waals surface area contributed by atoms with Crippen LogP contribution in [0.4, 0.5) is 0 Å². The number of carboxylic acid groups (broad SMARTS) is 1. The number of hydrogen-bond acceptors (Lipinski definition) is 4. The molecule has 0 saturated carbocycles. The van der Waals surface area contributed by atoms with Crippen LogP contribution >= 0.6 is 12.0 Å². The van der Waals surface area contributed by atoms with Crippen LogP contribution in [-0.2, 0) is 15.6 Å². The van der Waals surface area contributed by atoms with Crippen LogP contribution < -0.4 is 0 Å². The van der Waals surface area contributed by atoms with Gasteiger partial charge in [-0.1, -0.05) is 30.3 Å². The average molecular weight is 344 g/mol. The lowest BCUT2D eigenvalue weighted by Gasteiger charge is -2.09. The van der Waals surface area contributed by atoms with Crippen molar-refractivity contribution in [3.05, 3.63) is 64.7 Å². The van der Waals surface area contributed by atoms with E-state index in [2.05, 4.69) is 26.0 Å². The summed E-state index contributed by atoms with van der Waals surface area (Å²) in [5, 5.41) is 8.61. The third-order valence-corrected chi connectivity index (χ3v) is 4.45. The highest BCUT2D eigenvalue weighted by Gasteiger charge is 2.09. The minimum atomic E-state index is -0.963. The smallest absolute Gasteiger partial charge is 0.303 e. The van der Waals surface area contributed by atoms with Crippen LogP contribution in [0.3, 0.4) is 0 Å². The van der Waals surface area contributed by atoms with Gasteiger partial charge in [-0.2, -0.15) is 0 Å². The Bertz CT molecular complexity index is 702. The van der Waals surface area contributed by atoms with E-state index in [1.165, 1.54) is 28.7 Å². The standard InChI is InChI=1S/C19H20O4S/c1-13-4-3-5-14(2)17(13)12-23-24-16-8-6-15(7-9-16)18(20)10-11-19(21)22/h3-9H,10-12H2,1-2H3,(H,21,22). The van der Waals surface area contributed by atoms with Crippen molar-refractivity contribution in [2.45, 2.75) is 38.2 Å².